The number of hydrogen-bond donors (Lipinski definition) is 0. The van der Waals surface area contributed by atoms with E-state index >= 15 is 0 Å². The second-order valence-corrected chi connectivity index (χ2v) is 15.2. The molecular weight excluding hydrogens is 719 g/mol. The van der Waals surface area contributed by atoms with E-state index in [0.29, 0.717) is 0 Å². The lowest BCUT2D eigenvalue weighted by Crippen LogP contribution is -2.10. The minimum atomic E-state index is 0.890. The molecule has 0 amide bonds. The monoisotopic (exact) mass is 753 g/mol. The molecule has 0 N–H and O–H groups in total. The average Bonchev–Trinajstić information content (AvgIpc) is 3.88. The number of para-hydroxylation sites is 3. The van der Waals surface area contributed by atoms with Gasteiger partial charge in [-0.2, -0.15) is 0 Å². The molecule has 0 aliphatic heterocycles. The van der Waals surface area contributed by atoms with Gasteiger partial charge in [0.1, 0.15) is 22.3 Å². The summed E-state index contributed by atoms with van der Waals surface area (Å²) in [5.41, 5.74) is 13.8. The number of rotatable bonds is 6. The molecule has 3 nitrogen and oxygen atoms in total. The van der Waals surface area contributed by atoms with Crippen molar-refractivity contribution in [1.29, 1.82) is 0 Å². The van der Waals surface area contributed by atoms with E-state index in [1.165, 1.54) is 27.6 Å². The van der Waals surface area contributed by atoms with Crippen molar-refractivity contribution in [3.05, 3.63) is 212 Å². The highest BCUT2D eigenvalue weighted by Gasteiger charge is 2.21. The standard InChI is InChI=1S/C56H35NO2/c1-3-14-36(15-4-1)38-28-33-54-50(34-38)51-35-49(43-19-8-10-22-47(43)56(51)59-54)44-31-32-52(45-20-9-7-18-42(44)45)57(39-16-5-2-6-17-39)40-29-26-37(27-30-40)41-23-13-24-48-46-21-11-12-25-53(46)58-55(41)48/h1-35H. The Morgan fingerprint density at radius 2 is 0.847 bits per heavy atom. The van der Waals surface area contributed by atoms with Crippen molar-refractivity contribution < 1.29 is 8.83 Å². The molecule has 0 unspecified atom stereocenters. The molecule has 0 aliphatic rings. The second-order valence-electron chi connectivity index (χ2n) is 15.2. The fourth-order valence-electron chi connectivity index (χ4n) is 9.11. The van der Waals surface area contributed by atoms with Crippen molar-refractivity contribution in [2.24, 2.45) is 0 Å². The number of benzene rings is 10. The van der Waals surface area contributed by atoms with Crippen molar-refractivity contribution in [3.8, 4) is 33.4 Å². The zero-order chi connectivity index (χ0) is 38.9. The molecule has 276 valence electrons. The minimum absolute atomic E-state index is 0.890. The van der Waals surface area contributed by atoms with Crippen LogP contribution in [0, 0.1) is 0 Å². The highest BCUT2D eigenvalue weighted by Crippen LogP contribution is 2.46. The van der Waals surface area contributed by atoms with E-state index in [1.54, 1.807) is 0 Å². The molecule has 12 aromatic rings. The van der Waals surface area contributed by atoms with E-state index in [0.717, 1.165) is 88.2 Å². The van der Waals surface area contributed by atoms with Crippen molar-refractivity contribution >= 4 is 82.5 Å². The van der Waals surface area contributed by atoms with Crippen LogP contribution in [0.3, 0.4) is 0 Å². The Kier molecular flexibility index (Phi) is 7.54. The maximum Gasteiger partial charge on any atom is 0.143 e. The zero-order valence-corrected chi connectivity index (χ0v) is 32.0. The summed E-state index contributed by atoms with van der Waals surface area (Å²) in [6, 6.07) is 75.7. The Bertz CT molecular complexity index is 3540. The smallest absolute Gasteiger partial charge is 0.143 e. The van der Waals surface area contributed by atoms with Gasteiger partial charge in [-0.25, -0.2) is 0 Å². The molecule has 0 atom stereocenters. The van der Waals surface area contributed by atoms with Crippen LogP contribution in [0.2, 0.25) is 0 Å². The summed E-state index contributed by atoms with van der Waals surface area (Å²) in [4.78, 5) is 2.37. The first-order valence-electron chi connectivity index (χ1n) is 20.1. The van der Waals surface area contributed by atoms with Crippen molar-refractivity contribution in [2.45, 2.75) is 0 Å². The van der Waals surface area contributed by atoms with E-state index < -0.39 is 0 Å². The number of furan rings is 2. The van der Waals surface area contributed by atoms with Gasteiger partial charge in [0, 0.05) is 49.3 Å². The summed E-state index contributed by atoms with van der Waals surface area (Å²) in [5.74, 6) is 0. The Morgan fingerprint density at radius 3 is 1.64 bits per heavy atom. The van der Waals surface area contributed by atoms with Crippen LogP contribution in [0.5, 0.6) is 0 Å². The molecule has 0 bridgehead atoms. The van der Waals surface area contributed by atoms with Crippen LogP contribution in [-0.2, 0) is 0 Å². The number of fused-ring (bicyclic) bond motifs is 9. The first-order valence-corrected chi connectivity index (χ1v) is 20.1. The normalized spacial score (nSPS) is 11.7. The van der Waals surface area contributed by atoms with Crippen molar-refractivity contribution in [3.63, 3.8) is 0 Å². The van der Waals surface area contributed by atoms with Gasteiger partial charge in [-0.1, -0.05) is 158 Å². The average molecular weight is 754 g/mol. The summed E-state index contributed by atoms with van der Waals surface area (Å²) in [6.07, 6.45) is 0. The van der Waals surface area contributed by atoms with Crippen LogP contribution in [0.1, 0.15) is 0 Å². The lowest BCUT2D eigenvalue weighted by atomic mass is 9.91. The van der Waals surface area contributed by atoms with Gasteiger partial charge in [0.05, 0.1) is 5.69 Å². The van der Waals surface area contributed by atoms with Crippen LogP contribution in [0.15, 0.2) is 221 Å². The summed E-state index contributed by atoms with van der Waals surface area (Å²) in [6.45, 7) is 0. The first-order chi connectivity index (χ1) is 29.3. The van der Waals surface area contributed by atoms with E-state index in [-0.39, 0.29) is 0 Å². The maximum absolute atomic E-state index is 6.64. The van der Waals surface area contributed by atoms with Crippen LogP contribution < -0.4 is 4.90 Å². The Hall–Kier alpha value is -7.88. The zero-order valence-electron chi connectivity index (χ0n) is 32.0. The maximum atomic E-state index is 6.64. The fraction of sp³-hybridized carbons (Fsp3) is 0. The Labute approximate surface area is 340 Å². The lowest BCUT2D eigenvalue weighted by molar-refractivity contribution is 0.670. The lowest BCUT2D eigenvalue weighted by Gasteiger charge is -2.28. The second kappa shape index (κ2) is 13.4. The molecule has 0 spiro atoms. The largest absolute Gasteiger partial charge is 0.455 e. The summed E-state index contributed by atoms with van der Waals surface area (Å²) in [7, 11) is 0. The van der Waals surface area contributed by atoms with Gasteiger partial charge >= 0.3 is 0 Å². The van der Waals surface area contributed by atoms with Crippen molar-refractivity contribution in [1.82, 2.24) is 0 Å². The molecule has 0 saturated carbocycles. The molecule has 10 aromatic carbocycles. The number of anilines is 3. The minimum Gasteiger partial charge on any atom is -0.455 e. The molecule has 0 fully saturated rings. The predicted molar refractivity (Wildman–Crippen MR) is 247 cm³/mol. The van der Waals surface area contributed by atoms with Crippen LogP contribution >= 0.6 is 0 Å². The molecule has 3 heteroatoms. The molecule has 0 saturated heterocycles. The quantitative estimate of drug-likeness (QED) is 0.169. The molecular formula is C56H35NO2. The molecule has 2 aromatic heterocycles. The van der Waals surface area contributed by atoms with Gasteiger partial charge in [0.25, 0.3) is 0 Å². The molecule has 12 rings (SSSR count). The first kappa shape index (κ1) is 33.3. The third kappa shape index (κ3) is 5.36. The van der Waals surface area contributed by atoms with Gasteiger partial charge in [0.15, 0.2) is 0 Å². The summed E-state index contributed by atoms with van der Waals surface area (Å²) >= 11 is 0. The number of nitrogens with zero attached hydrogens (tertiary/aromatic N) is 1. The molecule has 2 heterocycles. The topological polar surface area (TPSA) is 29.5 Å². The van der Waals surface area contributed by atoms with Crippen molar-refractivity contribution in [2.75, 3.05) is 4.90 Å². The summed E-state index contributed by atoms with van der Waals surface area (Å²) in [5, 5.41) is 9.11. The van der Waals surface area contributed by atoms with Gasteiger partial charge in [-0.05, 0) is 93.2 Å². The van der Waals surface area contributed by atoms with Gasteiger partial charge in [-0.15, -0.1) is 0 Å². The van der Waals surface area contributed by atoms with Gasteiger partial charge < -0.3 is 13.7 Å². The third-order valence-corrected chi connectivity index (χ3v) is 11.9. The third-order valence-electron chi connectivity index (χ3n) is 11.9. The number of hydrogen-bond acceptors (Lipinski definition) is 3. The highest BCUT2D eigenvalue weighted by atomic mass is 16.3. The molecule has 0 radical (unpaired) electrons. The van der Waals surface area contributed by atoms with Gasteiger partial charge in [-0.3, -0.25) is 0 Å². The van der Waals surface area contributed by atoms with E-state index in [2.05, 4.69) is 205 Å². The van der Waals surface area contributed by atoms with Gasteiger partial charge in [0.2, 0.25) is 0 Å². The fourth-order valence-corrected chi connectivity index (χ4v) is 9.11. The SMILES string of the molecule is c1ccc(-c2ccc3oc4c5ccccc5c(-c5ccc(N(c6ccccc6)c6ccc(-c7cccc8c7oc7ccccc78)cc6)c6ccccc56)cc4c3c2)cc1. The Morgan fingerprint density at radius 1 is 0.271 bits per heavy atom. The Balaban J connectivity index is 1.02. The van der Waals surface area contributed by atoms with Crippen LogP contribution in [0.25, 0.3) is 98.8 Å². The van der Waals surface area contributed by atoms with Crippen LogP contribution in [0.4, 0.5) is 17.1 Å². The van der Waals surface area contributed by atoms with E-state index in [4.69, 9.17) is 8.83 Å². The van der Waals surface area contributed by atoms with Crippen LogP contribution in [-0.4, -0.2) is 0 Å². The predicted octanol–water partition coefficient (Wildman–Crippen LogP) is 16.3. The van der Waals surface area contributed by atoms with E-state index in [9.17, 15) is 0 Å². The summed E-state index contributed by atoms with van der Waals surface area (Å²) < 4.78 is 13.1. The molecule has 0 aliphatic carbocycles. The van der Waals surface area contributed by atoms with E-state index in [1.807, 2.05) is 12.1 Å². The molecule has 59 heavy (non-hydrogen) atoms. The highest BCUT2D eigenvalue weighted by molar-refractivity contribution is 6.21.